The number of carbonyl (C=O) groups is 3. The van der Waals surface area contributed by atoms with Crippen LogP contribution >= 0.6 is 0 Å². The second-order valence-corrected chi connectivity index (χ2v) is 8.76. The highest BCUT2D eigenvalue weighted by molar-refractivity contribution is 5.72. The molecule has 2 amide bonds. The molecule has 1 aromatic rings. The maximum absolute atomic E-state index is 12.4. The second-order valence-electron chi connectivity index (χ2n) is 8.76. The number of ether oxygens (including phenoxy) is 2. The molecule has 0 aromatic heterocycles. The van der Waals surface area contributed by atoms with E-state index in [2.05, 4.69) is 0 Å². The van der Waals surface area contributed by atoms with Crippen LogP contribution in [0.25, 0.3) is 0 Å². The lowest BCUT2D eigenvalue weighted by molar-refractivity contribution is -0.136. The Morgan fingerprint density at radius 3 is 2.28 bits per heavy atom. The van der Waals surface area contributed by atoms with Crippen molar-refractivity contribution in [2.24, 2.45) is 0 Å². The summed E-state index contributed by atoms with van der Waals surface area (Å²) in [4.78, 5) is 38.7. The Kier molecular flexibility index (Phi) is 5.73. The Balaban J connectivity index is 1.55. The number of aliphatic carboxylic acids is 1. The molecule has 1 spiro atoms. The van der Waals surface area contributed by atoms with E-state index in [9.17, 15) is 14.4 Å². The molecule has 2 heterocycles. The molecule has 0 aliphatic carbocycles. The number of amides is 2. The zero-order chi connectivity index (χ0) is 21.2. The molecule has 0 atom stereocenters. The molecule has 2 saturated heterocycles. The van der Waals surface area contributed by atoms with E-state index in [4.69, 9.17) is 14.6 Å². The molecule has 0 unspecified atom stereocenters. The summed E-state index contributed by atoms with van der Waals surface area (Å²) in [5.74, 6) is -0.875. The van der Waals surface area contributed by atoms with Gasteiger partial charge in [-0.1, -0.05) is 24.3 Å². The maximum atomic E-state index is 12.4. The van der Waals surface area contributed by atoms with Crippen LogP contribution in [-0.2, 0) is 27.2 Å². The highest BCUT2D eigenvalue weighted by Gasteiger charge is 2.47. The highest BCUT2D eigenvalue weighted by atomic mass is 16.6. The molecule has 1 aromatic carbocycles. The number of piperidine rings is 1. The largest absolute Gasteiger partial charge is 0.481 e. The van der Waals surface area contributed by atoms with Gasteiger partial charge in [0, 0.05) is 32.5 Å². The summed E-state index contributed by atoms with van der Waals surface area (Å²) in [6.45, 7) is 7.36. The van der Waals surface area contributed by atoms with Gasteiger partial charge in [-0.05, 0) is 31.9 Å². The first-order valence-corrected chi connectivity index (χ1v) is 9.81. The van der Waals surface area contributed by atoms with Crippen LogP contribution in [0.4, 0.5) is 9.59 Å². The Morgan fingerprint density at radius 2 is 1.72 bits per heavy atom. The minimum atomic E-state index is -0.875. The Labute approximate surface area is 170 Å². The molecular formula is C21H28N2O6. The first kappa shape index (κ1) is 21.0. The van der Waals surface area contributed by atoms with E-state index in [0.717, 1.165) is 11.1 Å². The second kappa shape index (κ2) is 7.93. The topological polar surface area (TPSA) is 96.4 Å². The Morgan fingerprint density at radius 1 is 1.14 bits per heavy atom. The van der Waals surface area contributed by atoms with E-state index in [1.807, 2.05) is 32.9 Å². The number of likely N-dealkylation sites (tertiary alicyclic amines) is 1. The zero-order valence-electron chi connectivity index (χ0n) is 17.1. The molecule has 8 heteroatoms. The van der Waals surface area contributed by atoms with Gasteiger partial charge in [0.15, 0.2) is 0 Å². The lowest BCUT2D eigenvalue weighted by atomic mass is 9.91. The normalized spacial score (nSPS) is 18.7. The number of hydrogen-bond acceptors (Lipinski definition) is 5. The summed E-state index contributed by atoms with van der Waals surface area (Å²) in [5.41, 5.74) is 0.525. The van der Waals surface area contributed by atoms with Crippen molar-refractivity contribution in [2.75, 3.05) is 19.6 Å². The quantitative estimate of drug-likeness (QED) is 0.829. The number of nitrogens with zero attached hydrogens (tertiary/aromatic N) is 2. The van der Waals surface area contributed by atoms with E-state index in [0.29, 0.717) is 39.0 Å². The van der Waals surface area contributed by atoms with Gasteiger partial charge in [-0.2, -0.15) is 0 Å². The van der Waals surface area contributed by atoms with Gasteiger partial charge < -0.3 is 19.5 Å². The third-order valence-corrected chi connectivity index (χ3v) is 5.12. The molecule has 2 fully saturated rings. The standard InChI is InChI=1S/C21H28N2O6/c1-20(2,3)28-18(26)22-10-8-21(9-11-22)14-23(19(27)29-21)13-16-6-4-15(5-7-16)12-17(24)25/h4-7H,8-14H2,1-3H3,(H,24,25). The van der Waals surface area contributed by atoms with Crippen molar-refractivity contribution < 1.29 is 29.0 Å². The fraction of sp³-hybridized carbons (Fsp3) is 0.571. The smallest absolute Gasteiger partial charge is 0.410 e. The Hall–Kier alpha value is -2.77. The van der Waals surface area contributed by atoms with Crippen molar-refractivity contribution in [1.82, 2.24) is 9.80 Å². The number of hydrogen-bond donors (Lipinski definition) is 1. The maximum Gasteiger partial charge on any atom is 0.410 e. The molecule has 2 aliphatic heterocycles. The van der Waals surface area contributed by atoms with Crippen LogP contribution in [-0.4, -0.2) is 63.9 Å². The molecular weight excluding hydrogens is 376 g/mol. The van der Waals surface area contributed by atoms with E-state index in [1.54, 1.807) is 21.9 Å². The number of benzene rings is 1. The molecule has 0 saturated carbocycles. The van der Waals surface area contributed by atoms with Crippen LogP contribution < -0.4 is 0 Å². The minimum absolute atomic E-state index is 0.0245. The molecule has 0 radical (unpaired) electrons. The summed E-state index contributed by atoms with van der Waals surface area (Å²) in [6, 6.07) is 7.20. The van der Waals surface area contributed by atoms with Gasteiger partial charge in [0.2, 0.25) is 0 Å². The predicted octanol–water partition coefficient (Wildman–Crippen LogP) is 3.04. The number of rotatable bonds is 4. The number of carboxylic acids is 1. The van der Waals surface area contributed by atoms with Crippen LogP contribution in [0, 0.1) is 0 Å². The van der Waals surface area contributed by atoms with E-state index < -0.39 is 17.2 Å². The van der Waals surface area contributed by atoms with E-state index in [1.165, 1.54) is 0 Å². The van der Waals surface area contributed by atoms with Crippen molar-refractivity contribution in [3.63, 3.8) is 0 Å². The van der Waals surface area contributed by atoms with Crippen LogP contribution in [0.1, 0.15) is 44.7 Å². The van der Waals surface area contributed by atoms with Crippen LogP contribution in [0.15, 0.2) is 24.3 Å². The summed E-state index contributed by atoms with van der Waals surface area (Å²) >= 11 is 0. The van der Waals surface area contributed by atoms with Gasteiger partial charge in [0.1, 0.15) is 11.2 Å². The highest BCUT2D eigenvalue weighted by Crippen LogP contribution is 2.34. The van der Waals surface area contributed by atoms with Gasteiger partial charge in [-0.25, -0.2) is 9.59 Å². The van der Waals surface area contributed by atoms with E-state index in [-0.39, 0.29) is 18.6 Å². The lowest BCUT2D eigenvalue weighted by Crippen LogP contribution is -2.49. The van der Waals surface area contributed by atoms with Crippen LogP contribution in [0.5, 0.6) is 0 Å². The predicted molar refractivity (Wildman–Crippen MR) is 104 cm³/mol. The first-order chi connectivity index (χ1) is 13.6. The van der Waals surface area contributed by atoms with Crippen molar-refractivity contribution in [2.45, 2.75) is 57.8 Å². The molecule has 3 rings (SSSR count). The summed E-state index contributed by atoms with van der Waals surface area (Å²) in [7, 11) is 0. The van der Waals surface area contributed by atoms with Crippen molar-refractivity contribution >= 4 is 18.2 Å². The molecule has 29 heavy (non-hydrogen) atoms. The third-order valence-electron chi connectivity index (χ3n) is 5.12. The molecule has 1 N–H and O–H groups in total. The fourth-order valence-corrected chi connectivity index (χ4v) is 3.66. The third kappa shape index (κ3) is 5.40. The zero-order valence-corrected chi connectivity index (χ0v) is 17.1. The van der Waals surface area contributed by atoms with Gasteiger partial charge >= 0.3 is 18.2 Å². The monoisotopic (exact) mass is 404 g/mol. The molecule has 2 aliphatic rings. The van der Waals surface area contributed by atoms with Gasteiger partial charge in [0.05, 0.1) is 13.0 Å². The number of carbonyl (C=O) groups excluding carboxylic acids is 2. The van der Waals surface area contributed by atoms with Gasteiger partial charge in [-0.15, -0.1) is 0 Å². The molecule has 158 valence electrons. The van der Waals surface area contributed by atoms with E-state index >= 15 is 0 Å². The average Bonchev–Trinajstić information content (AvgIpc) is 2.90. The fourth-order valence-electron chi connectivity index (χ4n) is 3.66. The Bertz CT molecular complexity index is 775. The minimum Gasteiger partial charge on any atom is -0.481 e. The van der Waals surface area contributed by atoms with Crippen molar-refractivity contribution in [1.29, 1.82) is 0 Å². The SMILES string of the molecule is CC(C)(C)OC(=O)N1CCC2(CC1)CN(Cc1ccc(CC(=O)O)cc1)C(=O)O2. The molecule has 0 bridgehead atoms. The van der Waals surface area contributed by atoms with Crippen LogP contribution in [0.2, 0.25) is 0 Å². The summed E-state index contributed by atoms with van der Waals surface area (Å²) in [5, 5.41) is 8.85. The van der Waals surface area contributed by atoms with Crippen molar-refractivity contribution in [3.05, 3.63) is 35.4 Å². The number of carboxylic acid groups (broad SMARTS) is 1. The summed E-state index contributed by atoms with van der Waals surface area (Å²) in [6.07, 6.45) is 0.432. The molecule has 8 nitrogen and oxygen atoms in total. The lowest BCUT2D eigenvalue weighted by Gasteiger charge is -2.37. The van der Waals surface area contributed by atoms with Crippen LogP contribution in [0.3, 0.4) is 0 Å². The van der Waals surface area contributed by atoms with Crippen molar-refractivity contribution in [3.8, 4) is 0 Å². The van der Waals surface area contributed by atoms with Gasteiger partial charge in [0.25, 0.3) is 0 Å². The van der Waals surface area contributed by atoms with Gasteiger partial charge in [-0.3, -0.25) is 9.69 Å². The summed E-state index contributed by atoms with van der Waals surface area (Å²) < 4.78 is 11.1. The average molecular weight is 404 g/mol. The first-order valence-electron chi connectivity index (χ1n) is 9.81.